The van der Waals surface area contributed by atoms with Crippen LogP contribution in [0.4, 0.5) is 10.5 Å². The zero-order valence-electron chi connectivity index (χ0n) is 18.8. The van der Waals surface area contributed by atoms with Crippen LogP contribution in [0.25, 0.3) is 6.08 Å². The van der Waals surface area contributed by atoms with E-state index in [-0.39, 0.29) is 17.4 Å². The second-order valence-corrected chi connectivity index (χ2v) is 9.74. The molecule has 3 amide bonds. The molecule has 0 radical (unpaired) electrons. The van der Waals surface area contributed by atoms with E-state index in [1.54, 1.807) is 30.3 Å². The van der Waals surface area contributed by atoms with Crippen LogP contribution in [0, 0.1) is 10.5 Å². The van der Waals surface area contributed by atoms with Gasteiger partial charge < -0.3 is 19.5 Å². The maximum atomic E-state index is 12.5. The number of hydrogen-bond donors (Lipinski definition) is 1. The maximum absolute atomic E-state index is 12.5. The predicted octanol–water partition coefficient (Wildman–Crippen LogP) is 4.49. The number of amides is 3. The molecule has 184 valence electrons. The van der Waals surface area contributed by atoms with Crippen LogP contribution >= 0.6 is 46.0 Å². The average molecular weight is 631 g/mol. The van der Waals surface area contributed by atoms with Gasteiger partial charge in [0.1, 0.15) is 6.54 Å². The molecule has 1 heterocycles. The van der Waals surface area contributed by atoms with Crippen molar-refractivity contribution in [2.45, 2.75) is 6.92 Å². The Morgan fingerprint density at radius 2 is 1.94 bits per heavy atom. The van der Waals surface area contributed by atoms with Crippen molar-refractivity contribution in [3.63, 3.8) is 0 Å². The van der Waals surface area contributed by atoms with Crippen molar-refractivity contribution < 1.29 is 33.4 Å². The number of anilines is 1. The highest BCUT2D eigenvalue weighted by Crippen LogP contribution is 2.37. The third-order valence-electron chi connectivity index (χ3n) is 4.74. The summed E-state index contributed by atoms with van der Waals surface area (Å²) in [6, 6.07) is 8.52. The molecule has 3 rings (SSSR count). The lowest BCUT2D eigenvalue weighted by Crippen LogP contribution is -2.34. The number of halogens is 2. The van der Waals surface area contributed by atoms with Gasteiger partial charge in [0.25, 0.3) is 17.1 Å². The highest BCUT2D eigenvalue weighted by atomic mass is 127. The second kappa shape index (κ2) is 11.8. The summed E-state index contributed by atoms with van der Waals surface area (Å²) in [6.07, 6.45) is 1.52. The minimum absolute atomic E-state index is 0.154. The minimum Gasteiger partial charge on any atom is -0.493 e. The van der Waals surface area contributed by atoms with E-state index in [2.05, 4.69) is 10.1 Å². The number of methoxy groups -OCH3 is 2. The Morgan fingerprint density at radius 1 is 1.20 bits per heavy atom. The summed E-state index contributed by atoms with van der Waals surface area (Å²) in [4.78, 5) is 49.5. The summed E-state index contributed by atoms with van der Waals surface area (Å²) >= 11 is 8.83. The van der Waals surface area contributed by atoms with Crippen molar-refractivity contribution >= 4 is 80.7 Å². The van der Waals surface area contributed by atoms with Crippen molar-refractivity contribution in [3.05, 3.63) is 55.0 Å². The number of thioether (sulfide) groups is 1. The van der Waals surface area contributed by atoms with Crippen LogP contribution < -0.4 is 14.8 Å². The van der Waals surface area contributed by atoms with E-state index in [9.17, 15) is 19.2 Å². The average Bonchev–Trinajstić information content (AvgIpc) is 3.07. The molecule has 0 spiro atoms. The number of benzene rings is 2. The number of imide groups is 1. The molecule has 1 N–H and O–H groups in total. The number of nitrogens with one attached hydrogen (secondary N) is 1. The largest absolute Gasteiger partial charge is 0.493 e. The second-order valence-electron chi connectivity index (χ2n) is 7.18. The molecule has 12 heteroatoms. The first kappa shape index (κ1) is 26.8. The lowest BCUT2D eigenvalue weighted by molar-refractivity contribution is -0.143. The Labute approximate surface area is 224 Å². The first-order valence-electron chi connectivity index (χ1n) is 10.0. The Bertz CT molecular complexity index is 1230. The lowest BCUT2D eigenvalue weighted by atomic mass is 10.2. The van der Waals surface area contributed by atoms with E-state index in [0.29, 0.717) is 31.3 Å². The molecule has 0 aliphatic carbocycles. The van der Waals surface area contributed by atoms with Gasteiger partial charge in [0.2, 0.25) is 0 Å². The lowest BCUT2D eigenvalue weighted by Gasteiger charge is -2.14. The smallest absolute Gasteiger partial charge is 0.325 e. The normalized spacial score (nSPS) is 14.3. The van der Waals surface area contributed by atoms with Gasteiger partial charge in [-0.15, -0.1) is 0 Å². The van der Waals surface area contributed by atoms with Crippen LogP contribution in [0.15, 0.2) is 35.2 Å². The van der Waals surface area contributed by atoms with Crippen LogP contribution in [0.5, 0.6) is 11.5 Å². The minimum atomic E-state index is -0.694. The Hall–Kier alpha value is -2.77. The van der Waals surface area contributed by atoms with E-state index in [0.717, 1.165) is 22.2 Å². The summed E-state index contributed by atoms with van der Waals surface area (Å²) in [5, 5.41) is 2.70. The van der Waals surface area contributed by atoms with Crippen LogP contribution in [0.3, 0.4) is 0 Å². The molecule has 2 aromatic rings. The molecule has 0 aromatic heterocycles. The topological polar surface area (TPSA) is 111 Å². The van der Waals surface area contributed by atoms with Crippen LogP contribution in [0.2, 0.25) is 5.02 Å². The summed E-state index contributed by atoms with van der Waals surface area (Å²) in [7, 11) is 2.62. The van der Waals surface area contributed by atoms with Gasteiger partial charge in [-0.05, 0) is 82.7 Å². The quantitative estimate of drug-likeness (QED) is 0.258. The van der Waals surface area contributed by atoms with E-state index in [4.69, 9.17) is 21.1 Å². The summed E-state index contributed by atoms with van der Waals surface area (Å²) in [6.45, 7) is 1.13. The number of carbonyl (C=O) groups is 4. The fraction of sp³-hybridized carbons (Fsp3) is 0.217. The Balaban J connectivity index is 1.73. The van der Waals surface area contributed by atoms with E-state index < -0.39 is 23.7 Å². The molecular formula is C23H20ClIN2O7S. The number of hydrogen-bond acceptors (Lipinski definition) is 8. The van der Waals surface area contributed by atoms with Gasteiger partial charge in [0.05, 0.1) is 22.7 Å². The van der Waals surface area contributed by atoms with Gasteiger partial charge in [-0.3, -0.25) is 24.1 Å². The van der Waals surface area contributed by atoms with Crippen LogP contribution in [0.1, 0.15) is 11.1 Å². The summed E-state index contributed by atoms with van der Waals surface area (Å²) < 4.78 is 16.3. The molecule has 1 aliphatic heterocycles. The Morgan fingerprint density at radius 3 is 2.60 bits per heavy atom. The highest BCUT2D eigenvalue weighted by molar-refractivity contribution is 14.1. The summed E-state index contributed by atoms with van der Waals surface area (Å²) in [5.74, 6) is -0.983. The fourth-order valence-corrected chi connectivity index (χ4v) is 4.75. The zero-order chi connectivity index (χ0) is 25.7. The number of rotatable bonds is 8. The van der Waals surface area contributed by atoms with E-state index >= 15 is 0 Å². The van der Waals surface area contributed by atoms with Crippen molar-refractivity contribution in [3.8, 4) is 11.5 Å². The molecule has 2 aromatic carbocycles. The molecule has 0 bridgehead atoms. The van der Waals surface area contributed by atoms with Crippen molar-refractivity contribution in [2.24, 2.45) is 0 Å². The van der Waals surface area contributed by atoms with Crippen molar-refractivity contribution in [1.29, 1.82) is 0 Å². The number of nitrogens with zero attached hydrogens (tertiary/aromatic N) is 1. The van der Waals surface area contributed by atoms with Gasteiger partial charge in [0.15, 0.2) is 18.1 Å². The van der Waals surface area contributed by atoms with Gasteiger partial charge in [0, 0.05) is 10.7 Å². The molecule has 0 atom stereocenters. The molecule has 1 aliphatic rings. The maximum Gasteiger partial charge on any atom is 0.325 e. The number of esters is 1. The van der Waals surface area contributed by atoms with E-state index in [1.807, 2.05) is 29.5 Å². The fourth-order valence-electron chi connectivity index (χ4n) is 2.95. The standard InChI is InChI=1S/C23H20ClIN2O7S/c1-12-4-5-14(9-15(12)24)26-19(28)11-34-21-16(25)6-13(7-17(21)32-2)8-18-22(30)27(23(31)35-18)10-20(29)33-3/h4-9H,10-11H2,1-3H3,(H,26,28)/b18-8-. The molecule has 35 heavy (non-hydrogen) atoms. The first-order chi connectivity index (χ1) is 16.6. The third kappa shape index (κ3) is 6.67. The Kier molecular flexibility index (Phi) is 9.03. The molecule has 9 nitrogen and oxygen atoms in total. The zero-order valence-corrected chi connectivity index (χ0v) is 22.6. The van der Waals surface area contributed by atoms with Gasteiger partial charge >= 0.3 is 5.97 Å². The SMILES string of the molecule is COC(=O)CN1C(=O)S/C(=C\c2cc(I)c(OCC(=O)Nc3ccc(C)c(Cl)c3)c(OC)c2)C1=O. The third-order valence-corrected chi connectivity index (χ3v) is 6.86. The highest BCUT2D eigenvalue weighted by Gasteiger charge is 2.36. The first-order valence-corrected chi connectivity index (χ1v) is 12.3. The van der Waals surface area contributed by atoms with Gasteiger partial charge in [-0.25, -0.2) is 0 Å². The van der Waals surface area contributed by atoms with Gasteiger partial charge in [-0.1, -0.05) is 17.7 Å². The molecule has 0 saturated carbocycles. The molecule has 0 unspecified atom stereocenters. The number of carbonyl (C=O) groups excluding carboxylic acids is 4. The predicted molar refractivity (Wildman–Crippen MR) is 141 cm³/mol. The molecular weight excluding hydrogens is 611 g/mol. The van der Waals surface area contributed by atoms with Crippen molar-refractivity contribution in [1.82, 2.24) is 4.90 Å². The van der Waals surface area contributed by atoms with Crippen LogP contribution in [-0.2, 0) is 19.1 Å². The monoisotopic (exact) mass is 630 g/mol. The molecule has 1 fully saturated rings. The van der Waals surface area contributed by atoms with Crippen molar-refractivity contribution in [2.75, 3.05) is 32.7 Å². The van der Waals surface area contributed by atoms with E-state index in [1.165, 1.54) is 20.3 Å². The molecule has 1 saturated heterocycles. The number of aryl methyl sites for hydroxylation is 1. The van der Waals surface area contributed by atoms with Crippen LogP contribution in [-0.4, -0.2) is 55.3 Å². The van der Waals surface area contributed by atoms with Gasteiger partial charge in [-0.2, -0.15) is 0 Å². The summed E-state index contributed by atoms with van der Waals surface area (Å²) in [5.41, 5.74) is 2.02. The number of ether oxygens (including phenoxy) is 3.